The Morgan fingerprint density at radius 2 is 1.97 bits per heavy atom. The normalized spacial score (nSPS) is 10.3. The minimum atomic E-state index is -1.03. The summed E-state index contributed by atoms with van der Waals surface area (Å²) in [4.78, 5) is 46.0. The molecule has 0 bridgehead atoms. The van der Waals surface area contributed by atoms with Gasteiger partial charge in [0.1, 0.15) is 4.88 Å². The molecule has 0 aliphatic heterocycles. The van der Waals surface area contributed by atoms with Crippen molar-refractivity contribution in [2.24, 2.45) is 0 Å². The highest BCUT2D eigenvalue weighted by Gasteiger charge is 2.21. The number of carbonyl (C=O) groups is 3. The Kier molecular flexibility index (Phi) is 8.70. The number of amides is 3. The topological polar surface area (TPSA) is 153 Å². The number of anilines is 1. The molecule has 34 heavy (non-hydrogen) atoms. The van der Waals surface area contributed by atoms with Crippen LogP contribution in [0.15, 0.2) is 49.2 Å². The van der Waals surface area contributed by atoms with Gasteiger partial charge in [0.05, 0.1) is 37.1 Å². The van der Waals surface area contributed by atoms with Crippen molar-refractivity contribution >= 4 is 34.4 Å². The second kappa shape index (κ2) is 12.1. The summed E-state index contributed by atoms with van der Waals surface area (Å²) in [5.74, 6) is -1.32. The number of nitrogens with zero attached hydrogens (tertiary/aromatic N) is 5. The smallest absolute Gasteiger partial charge is 0.324 e. The van der Waals surface area contributed by atoms with E-state index in [1.807, 2.05) is 16.8 Å². The van der Waals surface area contributed by atoms with Crippen LogP contribution in [0.3, 0.4) is 0 Å². The van der Waals surface area contributed by atoms with E-state index in [2.05, 4.69) is 20.6 Å². The fraction of sp³-hybridized carbons (Fsp3) is 0.273. The minimum absolute atomic E-state index is 0.0479. The Labute approximate surface area is 199 Å². The van der Waals surface area contributed by atoms with Crippen molar-refractivity contribution in [3.05, 3.63) is 65.2 Å². The number of aryl methyl sites for hydroxylation is 1. The molecule has 11 nitrogen and oxygen atoms in total. The van der Waals surface area contributed by atoms with Gasteiger partial charge in [-0.05, 0) is 24.1 Å². The standard InChI is InChI=1S/C22H23N7O4S/c23-12-16-2-4-17(5-3-16)14-29(21(33)26-8-6-19(30)31)22-27-13-18(34-22)20(32)25-7-1-10-28-11-9-24-15-28/h2-5,9,11,13,15H,1,6-8,10,14H2,(H,25,32)(H,26,33)(H,30,31). The molecule has 0 fully saturated rings. The summed E-state index contributed by atoms with van der Waals surface area (Å²) in [6, 6.07) is 8.22. The zero-order valence-electron chi connectivity index (χ0n) is 18.2. The van der Waals surface area contributed by atoms with Crippen LogP contribution in [0.2, 0.25) is 0 Å². The molecule has 0 spiro atoms. The Balaban J connectivity index is 1.65. The van der Waals surface area contributed by atoms with Crippen molar-refractivity contribution in [2.45, 2.75) is 25.9 Å². The second-order valence-electron chi connectivity index (χ2n) is 7.19. The van der Waals surface area contributed by atoms with Gasteiger partial charge in [-0.3, -0.25) is 14.5 Å². The lowest BCUT2D eigenvalue weighted by Crippen LogP contribution is -2.40. The highest BCUT2D eigenvalue weighted by Crippen LogP contribution is 2.24. The van der Waals surface area contributed by atoms with Gasteiger partial charge in [-0.1, -0.05) is 23.5 Å². The molecule has 3 rings (SSSR count). The molecule has 3 aromatic rings. The van der Waals surface area contributed by atoms with Gasteiger partial charge in [0.2, 0.25) is 0 Å². The molecule has 0 aliphatic carbocycles. The van der Waals surface area contributed by atoms with Crippen LogP contribution in [0.25, 0.3) is 0 Å². The van der Waals surface area contributed by atoms with Crippen LogP contribution in [0.5, 0.6) is 0 Å². The fourth-order valence-electron chi connectivity index (χ4n) is 2.93. The molecule has 0 radical (unpaired) electrons. The van der Waals surface area contributed by atoms with Gasteiger partial charge in [-0.25, -0.2) is 14.8 Å². The summed E-state index contributed by atoms with van der Waals surface area (Å²) >= 11 is 1.06. The maximum Gasteiger partial charge on any atom is 0.324 e. The molecule has 0 atom stereocenters. The summed E-state index contributed by atoms with van der Waals surface area (Å²) in [6.07, 6.45) is 7.16. The largest absolute Gasteiger partial charge is 0.481 e. The summed E-state index contributed by atoms with van der Waals surface area (Å²) in [5.41, 5.74) is 1.23. The number of aliphatic carboxylic acids is 1. The van der Waals surface area contributed by atoms with Crippen molar-refractivity contribution in [1.29, 1.82) is 5.26 Å². The van der Waals surface area contributed by atoms with Crippen molar-refractivity contribution in [1.82, 2.24) is 25.2 Å². The predicted molar refractivity (Wildman–Crippen MR) is 124 cm³/mol. The zero-order chi connectivity index (χ0) is 24.3. The van der Waals surface area contributed by atoms with Crippen LogP contribution in [0, 0.1) is 11.3 Å². The molecule has 0 aliphatic rings. The number of hydrogen-bond acceptors (Lipinski definition) is 7. The van der Waals surface area contributed by atoms with E-state index in [4.69, 9.17) is 10.4 Å². The first kappa shape index (κ1) is 24.4. The van der Waals surface area contributed by atoms with Gasteiger partial charge in [0, 0.05) is 32.0 Å². The lowest BCUT2D eigenvalue weighted by molar-refractivity contribution is -0.136. The summed E-state index contributed by atoms with van der Waals surface area (Å²) in [7, 11) is 0. The van der Waals surface area contributed by atoms with E-state index in [-0.39, 0.29) is 25.4 Å². The number of urea groups is 1. The molecule has 3 amide bonds. The number of hydrogen-bond donors (Lipinski definition) is 3. The van der Waals surface area contributed by atoms with Crippen molar-refractivity contribution in [3.63, 3.8) is 0 Å². The van der Waals surface area contributed by atoms with Crippen LogP contribution in [-0.2, 0) is 17.9 Å². The monoisotopic (exact) mass is 481 g/mol. The lowest BCUT2D eigenvalue weighted by atomic mass is 10.1. The summed E-state index contributed by atoms with van der Waals surface area (Å²) < 4.78 is 1.92. The van der Waals surface area contributed by atoms with Crippen molar-refractivity contribution in [2.75, 3.05) is 18.0 Å². The number of carboxylic acids is 1. The van der Waals surface area contributed by atoms with E-state index < -0.39 is 12.0 Å². The van der Waals surface area contributed by atoms with Crippen LogP contribution < -0.4 is 15.5 Å². The molecule has 176 valence electrons. The zero-order valence-corrected chi connectivity index (χ0v) is 19.0. The van der Waals surface area contributed by atoms with E-state index >= 15 is 0 Å². The molecule has 0 saturated carbocycles. The number of nitriles is 1. The third kappa shape index (κ3) is 7.14. The van der Waals surface area contributed by atoms with Gasteiger partial charge in [-0.2, -0.15) is 5.26 Å². The molecule has 2 aromatic heterocycles. The molecular formula is C22H23N7O4S. The molecule has 0 unspecified atom stereocenters. The number of benzene rings is 1. The number of aromatic nitrogens is 3. The average molecular weight is 482 g/mol. The van der Waals surface area contributed by atoms with Crippen molar-refractivity contribution in [3.8, 4) is 6.07 Å². The maximum absolute atomic E-state index is 12.8. The summed E-state index contributed by atoms with van der Waals surface area (Å²) in [5, 5.41) is 23.5. The van der Waals surface area contributed by atoms with E-state index in [1.165, 1.54) is 11.1 Å². The van der Waals surface area contributed by atoms with E-state index in [0.29, 0.717) is 22.1 Å². The maximum atomic E-state index is 12.8. The Hall–Kier alpha value is -4.24. The van der Waals surface area contributed by atoms with Crippen LogP contribution >= 0.6 is 11.3 Å². The Bertz CT molecular complexity index is 1150. The quantitative estimate of drug-likeness (QED) is 0.355. The van der Waals surface area contributed by atoms with Gasteiger partial charge in [-0.15, -0.1) is 0 Å². The lowest BCUT2D eigenvalue weighted by Gasteiger charge is -2.20. The first-order chi connectivity index (χ1) is 16.5. The van der Waals surface area contributed by atoms with E-state index in [0.717, 1.165) is 29.9 Å². The van der Waals surface area contributed by atoms with E-state index in [1.54, 1.807) is 36.8 Å². The third-order valence-electron chi connectivity index (χ3n) is 4.67. The highest BCUT2D eigenvalue weighted by atomic mass is 32.1. The number of rotatable bonds is 11. The number of carboxylic acid groups (broad SMARTS) is 1. The van der Waals surface area contributed by atoms with Crippen LogP contribution in [0.4, 0.5) is 9.93 Å². The third-order valence-corrected chi connectivity index (χ3v) is 5.69. The molecule has 1 aromatic carbocycles. The predicted octanol–water partition coefficient (Wildman–Crippen LogP) is 2.22. The highest BCUT2D eigenvalue weighted by molar-refractivity contribution is 7.17. The SMILES string of the molecule is N#Cc1ccc(CN(C(=O)NCCC(=O)O)c2ncc(C(=O)NCCCn3ccnc3)s2)cc1. The first-order valence-corrected chi connectivity index (χ1v) is 11.2. The second-order valence-corrected chi connectivity index (χ2v) is 8.20. The number of thiazole rings is 1. The number of carbonyl (C=O) groups excluding carboxylic acids is 2. The van der Waals surface area contributed by atoms with Gasteiger partial charge in [0.15, 0.2) is 5.13 Å². The first-order valence-electron chi connectivity index (χ1n) is 10.4. The minimum Gasteiger partial charge on any atom is -0.481 e. The molecule has 2 heterocycles. The Morgan fingerprint density at radius 1 is 1.18 bits per heavy atom. The molecular weight excluding hydrogens is 458 g/mol. The van der Waals surface area contributed by atoms with E-state index in [9.17, 15) is 14.4 Å². The van der Waals surface area contributed by atoms with Crippen LogP contribution in [0.1, 0.15) is 33.6 Å². The number of nitrogens with one attached hydrogen (secondary N) is 2. The molecule has 3 N–H and O–H groups in total. The van der Waals surface area contributed by atoms with Gasteiger partial charge >= 0.3 is 12.0 Å². The van der Waals surface area contributed by atoms with Gasteiger partial charge < -0.3 is 20.3 Å². The van der Waals surface area contributed by atoms with Gasteiger partial charge in [0.25, 0.3) is 5.91 Å². The fourth-order valence-corrected chi connectivity index (χ4v) is 3.76. The number of imidazole rings is 1. The average Bonchev–Trinajstić information content (AvgIpc) is 3.53. The molecule has 12 heteroatoms. The summed E-state index contributed by atoms with van der Waals surface area (Å²) in [6.45, 7) is 1.27. The molecule has 0 saturated heterocycles. The Morgan fingerprint density at radius 3 is 2.65 bits per heavy atom. The van der Waals surface area contributed by atoms with Crippen molar-refractivity contribution < 1.29 is 19.5 Å². The van der Waals surface area contributed by atoms with Crippen LogP contribution in [-0.4, -0.2) is 50.6 Å².